The number of halogens is 6. The Morgan fingerprint density at radius 2 is 2.05 bits per heavy atom. The van der Waals surface area contributed by atoms with E-state index in [-0.39, 0.29) is 6.61 Å². The van der Waals surface area contributed by atoms with Crippen molar-refractivity contribution in [3.8, 4) is 5.75 Å². The van der Waals surface area contributed by atoms with Crippen LogP contribution >= 0.6 is 11.6 Å². The van der Waals surface area contributed by atoms with Gasteiger partial charge < -0.3 is 9.47 Å². The molecule has 10 heteroatoms. The van der Waals surface area contributed by atoms with E-state index in [1.54, 1.807) is 0 Å². The predicted octanol–water partition coefficient (Wildman–Crippen LogP) is 3.83. The van der Waals surface area contributed by atoms with Gasteiger partial charge in [0, 0.05) is 11.8 Å². The Balaban J connectivity index is 3.48. The molecule has 1 heterocycles. The van der Waals surface area contributed by atoms with Gasteiger partial charge in [0.15, 0.2) is 5.69 Å². The van der Waals surface area contributed by atoms with Crippen molar-refractivity contribution in [2.24, 2.45) is 0 Å². The molecule has 1 rings (SSSR count). The number of rotatable bonds is 5. The van der Waals surface area contributed by atoms with Gasteiger partial charge in [0.1, 0.15) is 5.75 Å². The predicted molar refractivity (Wildman–Crippen MR) is 61.4 cm³/mol. The summed E-state index contributed by atoms with van der Waals surface area (Å²) in [5, 5.41) is 0. The quantitative estimate of drug-likeness (QED) is 0.467. The van der Waals surface area contributed by atoms with Gasteiger partial charge in [-0.1, -0.05) is 0 Å². The second kappa shape index (κ2) is 6.88. The highest BCUT2D eigenvalue weighted by atomic mass is 35.5. The Labute approximate surface area is 120 Å². The van der Waals surface area contributed by atoms with Crippen molar-refractivity contribution in [2.45, 2.75) is 25.6 Å². The molecule has 0 aliphatic carbocycles. The van der Waals surface area contributed by atoms with Crippen LogP contribution in [0.15, 0.2) is 6.20 Å². The van der Waals surface area contributed by atoms with E-state index in [4.69, 9.17) is 11.6 Å². The van der Waals surface area contributed by atoms with E-state index < -0.39 is 47.2 Å². The van der Waals surface area contributed by atoms with Gasteiger partial charge in [0.2, 0.25) is 0 Å². The highest BCUT2D eigenvalue weighted by molar-refractivity contribution is 6.17. The largest absolute Gasteiger partial charge is 0.573 e. The molecule has 1 aromatic rings. The minimum absolute atomic E-state index is 0.157. The van der Waals surface area contributed by atoms with E-state index >= 15 is 0 Å². The third-order valence-corrected chi connectivity index (χ3v) is 2.48. The molecule has 0 bridgehead atoms. The minimum Gasteiger partial charge on any atom is -0.461 e. The number of aromatic nitrogens is 1. The van der Waals surface area contributed by atoms with Gasteiger partial charge in [-0.2, -0.15) is 0 Å². The molecule has 0 unspecified atom stereocenters. The number of alkyl halides is 6. The lowest BCUT2D eigenvalue weighted by Gasteiger charge is -2.17. The van der Waals surface area contributed by atoms with Crippen molar-refractivity contribution in [1.29, 1.82) is 0 Å². The number of pyridine rings is 1. The fourth-order valence-corrected chi connectivity index (χ4v) is 1.64. The topological polar surface area (TPSA) is 48.4 Å². The van der Waals surface area contributed by atoms with E-state index in [0.717, 1.165) is 6.20 Å². The van der Waals surface area contributed by atoms with Crippen LogP contribution in [0.4, 0.5) is 22.0 Å². The molecule has 21 heavy (non-hydrogen) atoms. The average molecular weight is 334 g/mol. The molecule has 0 spiro atoms. The molecule has 0 amide bonds. The second-order valence-corrected chi connectivity index (χ2v) is 3.84. The van der Waals surface area contributed by atoms with Crippen molar-refractivity contribution in [2.75, 3.05) is 6.61 Å². The lowest BCUT2D eigenvalue weighted by atomic mass is 10.1. The van der Waals surface area contributed by atoms with Crippen molar-refractivity contribution >= 4 is 17.6 Å². The SMILES string of the molecule is CCOC(=O)c1ncc(CCl)c(OC(F)(F)F)c1C(F)F. The molecule has 0 aromatic carbocycles. The number of hydrogen-bond donors (Lipinski definition) is 0. The maximum atomic E-state index is 13.0. The van der Waals surface area contributed by atoms with Crippen LogP contribution in [-0.4, -0.2) is 23.9 Å². The van der Waals surface area contributed by atoms with Crippen LogP contribution in [0, 0.1) is 0 Å². The zero-order valence-corrected chi connectivity index (χ0v) is 11.3. The molecular weight excluding hydrogens is 325 g/mol. The molecule has 0 radical (unpaired) electrons. The lowest BCUT2D eigenvalue weighted by Crippen LogP contribution is -2.21. The Bertz CT molecular complexity index is 521. The number of nitrogens with zero attached hydrogens (tertiary/aromatic N) is 1. The first-order valence-electron chi connectivity index (χ1n) is 5.50. The third-order valence-electron chi connectivity index (χ3n) is 2.19. The average Bonchev–Trinajstić information content (AvgIpc) is 2.36. The molecule has 0 N–H and O–H groups in total. The van der Waals surface area contributed by atoms with E-state index in [1.165, 1.54) is 6.92 Å². The van der Waals surface area contributed by atoms with E-state index in [0.29, 0.717) is 0 Å². The summed E-state index contributed by atoms with van der Waals surface area (Å²) < 4.78 is 71.1. The van der Waals surface area contributed by atoms with E-state index in [1.807, 2.05) is 0 Å². The molecule has 0 saturated heterocycles. The van der Waals surface area contributed by atoms with Gasteiger partial charge in [-0.25, -0.2) is 18.6 Å². The third kappa shape index (κ3) is 4.42. The Kier molecular flexibility index (Phi) is 5.70. The van der Waals surface area contributed by atoms with Crippen molar-refractivity contribution in [3.05, 3.63) is 23.0 Å². The molecule has 4 nitrogen and oxygen atoms in total. The summed E-state index contributed by atoms with van der Waals surface area (Å²) in [6.07, 6.45) is -7.90. The zero-order valence-electron chi connectivity index (χ0n) is 10.5. The Morgan fingerprint density at radius 3 is 2.48 bits per heavy atom. The van der Waals surface area contributed by atoms with Gasteiger partial charge in [0.25, 0.3) is 6.43 Å². The van der Waals surface area contributed by atoms with E-state index in [9.17, 15) is 26.7 Å². The van der Waals surface area contributed by atoms with Gasteiger partial charge in [-0.05, 0) is 6.92 Å². The van der Waals surface area contributed by atoms with Crippen LogP contribution in [-0.2, 0) is 10.6 Å². The summed E-state index contributed by atoms with van der Waals surface area (Å²) in [5.74, 6) is -3.06. The molecule has 0 saturated carbocycles. The Hall–Kier alpha value is -1.64. The summed E-state index contributed by atoms with van der Waals surface area (Å²) >= 11 is 5.38. The smallest absolute Gasteiger partial charge is 0.461 e. The number of carbonyl (C=O) groups excluding carboxylic acids is 1. The molecule has 0 fully saturated rings. The molecule has 0 aliphatic rings. The first-order chi connectivity index (χ1) is 9.71. The highest BCUT2D eigenvalue weighted by Crippen LogP contribution is 2.38. The summed E-state index contributed by atoms with van der Waals surface area (Å²) in [7, 11) is 0. The van der Waals surface area contributed by atoms with Gasteiger partial charge >= 0.3 is 12.3 Å². The van der Waals surface area contributed by atoms with Crippen molar-refractivity contribution in [1.82, 2.24) is 4.98 Å². The molecular formula is C11H9ClF5NO3. The molecule has 118 valence electrons. The van der Waals surface area contributed by atoms with Crippen LogP contribution in [0.2, 0.25) is 0 Å². The van der Waals surface area contributed by atoms with Gasteiger partial charge in [-0.15, -0.1) is 24.8 Å². The number of ether oxygens (including phenoxy) is 2. The minimum atomic E-state index is -5.22. The number of carbonyl (C=O) groups is 1. The number of hydrogen-bond acceptors (Lipinski definition) is 4. The summed E-state index contributed by atoms with van der Waals surface area (Å²) in [6.45, 7) is 1.25. The van der Waals surface area contributed by atoms with Crippen LogP contribution < -0.4 is 4.74 Å². The van der Waals surface area contributed by atoms with Gasteiger partial charge in [0.05, 0.1) is 18.1 Å². The maximum Gasteiger partial charge on any atom is 0.573 e. The summed E-state index contributed by atoms with van der Waals surface area (Å²) in [4.78, 5) is 14.9. The fraction of sp³-hybridized carbons (Fsp3) is 0.455. The zero-order chi connectivity index (χ0) is 16.2. The summed E-state index contributed by atoms with van der Waals surface area (Å²) in [6, 6.07) is 0. The van der Waals surface area contributed by atoms with Crippen LogP contribution in [0.5, 0.6) is 5.75 Å². The van der Waals surface area contributed by atoms with Crippen molar-refractivity contribution < 1.29 is 36.2 Å². The summed E-state index contributed by atoms with van der Waals surface area (Å²) in [5.41, 5.74) is -2.67. The van der Waals surface area contributed by atoms with Crippen molar-refractivity contribution in [3.63, 3.8) is 0 Å². The van der Waals surface area contributed by atoms with Crippen LogP contribution in [0.25, 0.3) is 0 Å². The normalized spacial score (nSPS) is 11.6. The number of esters is 1. The lowest BCUT2D eigenvalue weighted by molar-refractivity contribution is -0.275. The second-order valence-electron chi connectivity index (χ2n) is 3.58. The Morgan fingerprint density at radius 1 is 1.43 bits per heavy atom. The monoisotopic (exact) mass is 333 g/mol. The van der Waals surface area contributed by atoms with Crippen LogP contribution in [0.1, 0.15) is 35.0 Å². The van der Waals surface area contributed by atoms with Gasteiger partial charge in [-0.3, -0.25) is 0 Å². The first-order valence-corrected chi connectivity index (χ1v) is 6.03. The maximum absolute atomic E-state index is 13.0. The molecule has 0 aliphatic heterocycles. The molecule has 0 atom stereocenters. The van der Waals surface area contributed by atoms with E-state index in [2.05, 4.69) is 14.5 Å². The first kappa shape index (κ1) is 17.4. The fourth-order valence-electron chi connectivity index (χ4n) is 1.45. The molecule has 1 aromatic heterocycles. The van der Waals surface area contributed by atoms with Crippen LogP contribution in [0.3, 0.4) is 0 Å². The standard InChI is InChI=1S/C11H9ClF5NO3/c1-2-20-10(19)7-6(9(13)14)8(21-11(15,16)17)5(3-12)4-18-7/h4,9H,2-3H2,1H3. The highest BCUT2D eigenvalue weighted by Gasteiger charge is 2.37.